The molecule has 1 aliphatic heterocycles. The normalized spacial score (nSPS) is 18.0. The lowest BCUT2D eigenvalue weighted by Gasteiger charge is -2.23. The first-order chi connectivity index (χ1) is 14.5. The molecule has 0 bridgehead atoms. The van der Waals surface area contributed by atoms with Crippen molar-refractivity contribution in [1.29, 1.82) is 0 Å². The zero-order valence-electron chi connectivity index (χ0n) is 17.9. The lowest BCUT2D eigenvalue weighted by Crippen LogP contribution is -3.11. The lowest BCUT2D eigenvalue weighted by atomic mass is 10.0. The molecule has 30 heavy (non-hydrogen) atoms. The first-order valence-corrected chi connectivity index (χ1v) is 10.0. The summed E-state index contributed by atoms with van der Waals surface area (Å²) in [6.07, 6.45) is 2.03. The first-order valence-electron chi connectivity index (χ1n) is 10.0. The summed E-state index contributed by atoms with van der Waals surface area (Å²) in [4.78, 5) is 25.8. The van der Waals surface area contributed by atoms with Gasteiger partial charge in [0.25, 0.3) is 5.91 Å². The van der Waals surface area contributed by atoms with Gasteiger partial charge >= 0.3 is 5.97 Å². The second kappa shape index (κ2) is 9.63. The Hall–Kier alpha value is -3.06. The monoisotopic (exact) mass is 413 g/mol. The number of amides is 1. The Labute approximate surface area is 176 Å². The highest BCUT2D eigenvalue weighted by molar-refractivity contribution is 5.95. The summed E-state index contributed by atoms with van der Waals surface area (Å²) in [6, 6.07) is 11.2. The number of esters is 1. The van der Waals surface area contributed by atoms with Gasteiger partial charge in [0, 0.05) is 24.6 Å². The molecule has 1 saturated heterocycles. The van der Waals surface area contributed by atoms with E-state index in [2.05, 4.69) is 5.32 Å². The van der Waals surface area contributed by atoms with Gasteiger partial charge in [0.15, 0.2) is 6.54 Å². The van der Waals surface area contributed by atoms with Gasteiger partial charge in [-0.1, -0.05) is 6.07 Å². The summed E-state index contributed by atoms with van der Waals surface area (Å²) in [5.74, 6) is 1.01. The van der Waals surface area contributed by atoms with Crippen molar-refractivity contribution in [2.45, 2.75) is 25.8 Å². The maximum Gasteiger partial charge on any atom is 0.337 e. The zero-order valence-corrected chi connectivity index (χ0v) is 17.9. The minimum atomic E-state index is -0.428. The summed E-state index contributed by atoms with van der Waals surface area (Å²) in [7, 11) is 4.62. The van der Waals surface area contributed by atoms with E-state index < -0.39 is 5.97 Å². The van der Waals surface area contributed by atoms with Crippen LogP contribution in [0.3, 0.4) is 0 Å². The van der Waals surface area contributed by atoms with Gasteiger partial charge in [0.1, 0.15) is 17.5 Å². The molecule has 0 aliphatic carbocycles. The van der Waals surface area contributed by atoms with Crippen LogP contribution in [0.4, 0.5) is 5.69 Å². The number of carbonyl (C=O) groups excluding carboxylic acids is 2. The molecule has 1 aliphatic rings. The molecule has 0 radical (unpaired) electrons. The van der Waals surface area contributed by atoms with E-state index in [0.29, 0.717) is 17.8 Å². The standard InChI is InChI=1S/C23H28N2O5/c1-15-7-8-16(23(27)30-4)12-19(15)24-22(26)14-25-11-5-6-20(25)18-10-9-17(28-2)13-21(18)29-3/h7-10,12-13,20H,5-6,11,14H2,1-4H3,(H,24,26)/p+1/t20-/m0/s1. The Kier molecular flexibility index (Phi) is 6.95. The SMILES string of the molecule is COC(=O)c1ccc(C)c(NC(=O)C[NH+]2CCC[C@H]2c2ccc(OC)cc2OC)c1. The number of methoxy groups -OCH3 is 3. The molecular weight excluding hydrogens is 384 g/mol. The molecule has 1 unspecified atom stereocenters. The van der Waals surface area contributed by atoms with Crippen molar-refractivity contribution in [1.82, 2.24) is 0 Å². The molecule has 0 spiro atoms. The molecule has 2 aromatic carbocycles. The average Bonchev–Trinajstić information content (AvgIpc) is 3.21. The fraction of sp³-hybridized carbons (Fsp3) is 0.391. The number of benzene rings is 2. The topological polar surface area (TPSA) is 78.3 Å². The van der Waals surface area contributed by atoms with Gasteiger partial charge in [-0.05, 0) is 36.8 Å². The first kappa shape index (κ1) is 21.6. The van der Waals surface area contributed by atoms with Crippen LogP contribution in [-0.2, 0) is 9.53 Å². The van der Waals surface area contributed by atoms with Crippen LogP contribution < -0.4 is 19.7 Å². The predicted molar refractivity (Wildman–Crippen MR) is 113 cm³/mol. The largest absolute Gasteiger partial charge is 0.497 e. The third kappa shape index (κ3) is 4.74. The van der Waals surface area contributed by atoms with E-state index in [1.165, 1.54) is 12.0 Å². The molecule has 1 heterocycles. The van der Waals surface area contributed by atoms with E-state index in [9.17, 15) is 9.59 Å². The van der Waals surface area contributed by atoms with Crippen molar-refractivity contribution in [3.63, 3.8) is 0 Å². The van der Waals surface area contributed by atoms with E-state index in [1.54, 1.807) is 32.4 Å². The van der Waals surface area contributed by atoms with E-state index in [4.69, 9.17) is 14.2 Å². The summed E-state index contributed by atoms with van der Waals surface area (Å²) in [6.45, 7) is 3.14. The minimum absolute atomic E-state index is 0.0884. The molecule has 0 aromatic heterocycles. The molecule has 2 N–H and O–H groups in total. The number of carbonyl (C=O) groups is 2. The Morgan fingerprint density at radius 2 is 1.90 bits per heavy atom. The summed E-state index contributed by atoms with van der Waals surface area (Å²) in [5, 5.41) is 2.96. The maximum absolute atomic E-state index is 12.8. The second-order valence-corrected chi connectivity index (χ2v) is 7.46. The van der Waals surface area contributed by atoms with Crippen LogP contribution in [0, 0.1) is 6.92 Å². The van der Waals surface area contributed by atoms with Gasteiger partial charge in [-0.3, -0.25) is 4.79 Å². The van der Waals surface area contributed by atoms with Crippen LogP contribution in [0.1, 0.15) is 40.4 Å². The molecule has 0 saturated carbocycles. The van der Waals surface area contributed by atoms with Gasteiger partial charge < -0.3 is 24.4 Å². The quantitative estimate of drug-likeness (QED) is 0.680. The molecular formula is C23H29N2O5+. The molecule has 1 fully saturated rings. The number of aryl methyl sites for hydroxylation is 1. The number of hydrogen-bond acceptors (Lipinski definition) is 5. The van der Waals surface area contributed by atoms with E-state index in [-0.39, 0.29) is 11.9 Å². The molecule has 7 heteroatoms. The van der Waals surface area contributed by atoms with Crippen molar-refractivity contribution >= 4 is 17.6 Å². The van der Waals surface area contributed by atoms with Crippen LogP contribution >= 0.6 is 0 Å². The van der Waals surface area contributed by atoms with E-state index >= 15 is 0 Å². The molecule has 1 amide bonds. The molecule has 2 atom stereocenters. The fourth-order valence-corrected chi connectivity index (χ4v) is 4.01. The molecule has 3 rings (SSSR count). The van der Waals surface area contributed by atoms with Gasteiger partial charge in [-0.2, -0.15) is 0 Å². The number of nitrogens with one attached hydrogen (secondary N) is 2. The average molecular weight is 413 g/mol. The Bertz CT molecular complexity index is 928. The number of hydrogen-bond donors (Lipinski definition) is 2. The summed E-state index contributed by atoms with van der Waals surface area (Å²) < 4.78 is 15.6. The molecule has 160 valence electrons. The summed E-state index contributed by atoms with van der Waals surface area (Å²) in [5.41, 5.74) is 3.01. The van der Waals surface area contributed by atoms with E-state index in [1.807, 2.05) is 25.1 Å². The lowest BCUT2D eigenvalue weighted by molar-refractivity contribution is -0.910. The highest BCUT2D eigenvalue weighted by atomic mass is 16.5. The van der Waals surface area contributed by atoms with Crippen LogP contribution in [-0.4, -0.2) is 46.3 Å². The van der Waals surface area contributed by atoms with Gasteiger partial charge in [0.05, 0.1) is 39.0 Å². The predicted octanol–water partition coefficient (Wildman–Crippen LogP) is 2.16. The maximum atomic E-state index is 12.8. The highest BCUT2D eigenvalue weighted by Crippen LogP contribution is 2.31. The van der Waals surface area contributed by atoms with Crippen LogP contribution in [0.25, 0.3) is 0 Å². The van der Waals surface area contributed by atoms with Crippen molar-refractivity contribution in [3.8, 4) is 11.5 Å². The molecule has 2 aromatic rings. The van der Waals surface area contributed by atoms with Crippen molar-refractivity contribution in [2.75, 3.05) is 39.7 Å². The third-order valence-corrected chi connectivity index (χ3v) is 5.62. The molecule has 7 nitrogen and oxygen atoms in total. The number of quaternary nitrogens is 1. The minimum Gasteiger partial charge on any atom is -0.497 e. The van der Waals surface area contributed by atoms with Crippen molar-refractivity contribution in [2.24, 2.45) is 0 Å². The Balaban J connectivity index is 1.73. The Morgan fingerprint density at radius 3 is 2.60 bits per heavy atom. The summed E-state index contributed by atoms with van der Waals surface area (Å²) >= 11 is 0. The zero-order chi connectivity index (χ0) is 21.7. The number of likely N-dealkylation sites (tertiary alicyclic amines) is 1. The smallest absolute Gasteiger partial charge is 0.337 e. The van der Waals surface area contributed by atoms with Crippen molar-refractivity contribution < 1.29 is 28.7 Å². The van der Waals surface area contributed by atoms with Gasteiger partial charge in [-0.25, -0.2) is 4.79 Å². The second-order valence-electron chi connectivity index (χ2n) is 7.46. The van der Waals surface area contributed by atoms with Gasteiger partial charge in [0.2, 0.25) is 0 Å². The number of rotatable bonds is 7. The number of anilines is 1. The third-order valence-electron chi connectivity index (χ3n) is 5.62. The highest BCUT2D eigenvalue weighted by Gasteiger charge is 2.33. The van der Waals surface area contributed by atoms with Crippen LogP contribution in [0.15, 0.2) is 36.4 Å². The van der Waals surface area contributed by atoms with Crippen LogP contribution in [0.5, 0.6) is 11.5 Å². The fourth-order valence-electron chi connectivity index (χ4n) is 4.01. The van der Waals surface area contributed by atoms with Crippen LogP contribution in [0.2, 0.25) is 0 Å². The Morgan fingerprint density at radius 1 is 1.10 bits per heavy atom. The van der Waals surface area contributed by atoms with Crippen molar-refractivity contribution in [3.05, 3.63) is 53.1 Å². The number of ether oxygens (including phenoxy) is 3. The van der Waals surface area contributed by atoms with Gasteiger partial charge in [-0.15, -0.1) is 0 Å². The van der Waals surface area contributed by atoms with E-state index in [0.717, 1.165) is 42.0 Å².